The molecule has 1 unspecified atom stereocenters. The molecule has 8 nitrogen and oxygen atoms in total. The molecule has 1 heterocycles. The molecule has 176 valence electrons. The summed E-state index contributed by atoms with van der Waals surface area (Å²) >= 11 is 6.10. The van der Waals surface area contributed by atoms with E-state index in [0.29, 0.717) is 40.0 Å². The van der Waals surface area contributed by atoms with Crippen molar-refractivity contribution in [1.29, 1.82) is 0 Å². The molecule has 1 amide bonds. The Morgan fingerprint density at radius 3 is 2.39 bits per heavy atom. The van der Waals surface area contributed by atoms with Gasteiger partial charge in [-0.3, -0.25) is 9.59 Å². The molecule has 1 fully saturated rings. The maximum Gasteiger partial charge on any atom is 0.295 e. The van der Waals surface area contributed by atoms with E-state index in [1.807, 2.05) is 6.92 Å². The van der Waals surface area contributed by atoms with Crippen molar-refractivity contribution in [3.05, 3.63) is 58.1 Å². The Labute approximate surface area is 197 Å². The van der Waals surface area contributed by atoms with E-state index < -0.39 is 17.7 Å². The minimum absolute atomic E-state index is 0.0494. The number of aliphatic hydroxyl groups excluding tert-OH is 1. The van der Waals surface area contributed by atoms with E-state index in [1.165, 1.54) is 32.3 Å². The van der Waals surface area contributed by atoms with E-state index in [4.69, 9.17) is 30.5 Å². The van der Waals surface area contributed by atoms with Gasteiger partial charge >= 0.3 is 0 Å². The van der Waals surface area contributed by atoms with Crippen LogP contribution in [-0.4, -0.2) is 62.8 Å². The molecule has 0 bridgehead atoms. The highest BCUT2D eigenvalue weighted by molar-refractivity contribution is 6.46. The predicted molar refractivity (Wildman–Crippen MR) is 123 cm³/mol. The van der Waals surface area contributed by atoms with Gasteiger partial charge in [-0.05, 0) is 42.8 Å². The molecule has 0 radical (unpaired) electrons. The van der Waals surface area contributed by atoms with Gasteiger partial charge in [-0.2, -0.15) is 0 Å². The summed E-state index contributed by atoms with van der Waals surface area (Å²) in [5, 5.41) is 11.5. The molecule has 1 atom stereocenters. The van der Waals surface area contributed by atoms with Gasteiger partial charge in [0.2, 0.25) is 0 Å². The number of ether oxygens (including phenoxy) is 4. The van der Waals surface area contributed by atoms with Crippen molar-refractivity contribution in [3.63, 3.8) is 0 Å². The monoisotopic (exact) mass is 475 g/mol. The first kappa shape index (κ1) is 24.4. The number of ketones is 1. The number of amides is 1. The third kappa shape index (κ3) is 4.77. The fourth-order valence-corrected chi connectivity index (χ4v) is 3.93. The minimum atomic E-state index is -0.855. The molecule has 0 aromatic heterocycles. The van der Waals surface area contributed by atoms with Gasteiger partial charge in [-0.15, -0.1) is 0 Å². The SMILES string of the molecule is CCOc1ccc(C2/C(=C(/O)c3ccc(Cl)c(OC)c3)C(=O)C(=O)N2CCOC)cc1OC. The molecule has 0 spiro atoms. The maximum absolute atomic E-state index is 13.1. The second-order valence-electron chi connectivity index (χ2n) is 7.18. The van der Waals surface area contributed by atoms with Crippen LogP contribution in [0.3, 0.4) is 0 Å². The molecule has 9 heteroatoms. The maximum atomic E-state index is 13.1. The van der Waals surface area contributed by atoms with Gasteiger partial charge in [-0.25, -0.2) is 0 Å². The normalized spacial score (nSPS) is 17.4. The number of carbonyl (C=O) groups excluding carboxylic acids is 2. The Bertz CT molecular complexity index is 1080. The van der Waals surface area contributed by atoms with Crippen LogP contribution in [0.15, 0.2) is 42.0 Å². The first-order chi connectivity index (χ1) is 15.9. The number of likely N-dealkylation sites (tertiary alicyclic amines) is 1. The Morgan fingerprint density at radius 1 is 1.03 bits per heavy atom. The average Bonchev–Trinajstić information content (AvgIpc) is 3.07. The molecule has 0 saturated carbocycles. The van der Waals surface area contributed by atoms with Crippen LogP contribution in [0.5, 0.6) is 17.2 Å². The van der Waals surface area contributed by atoms with E-state index in [9.17, 15) is 14.7 Å². The van der Waals surface area contributed by atoms with Crippen LogP contribution >= 0.6 is 11.6 Å². The van der Waals surface area contributed by atoms with Gasteiger partial charge in [0.1, 0.15) is 11.5 Å². The largest absolute Gasteiger partial charge is 0.507 e. The zero-order valence-corrected chi connectivity index (χ0v) is 19.6. The highest BCUT2D eigenvalue weighted by Crippen LogP contribution is 2.42. The number of carbonyl (C=O) groups is 2. The number of benzene rings is 2. The number of aliphatic hydroxyl groups is 1. The number of hydrogen-bond acceptors (Lipinski definition) is 7. The summed E-state index contributed by atoms with van der Waals surface area (Å²) in [7, 11) is 4.45. The van der Waals surface area contributed by atoms with E-state index >= 15 is 0 Å². The lowest BCUT2D eigenvalue weighted by molar-refractivity contribution is -0.140. The topological polar surface area (TPSA) is 94.5 Å². The van der Waals surface area contributed by atoms with Crippen LogP contribution in [0.25, 0.3) is 5.76 Å². The average molecular weight is 476 g/mol. The van der Waals surface area contributed by atoms with Gasteiger partial charge in [0.15, 0.2) is 11.5 Å². The molecule has 1 aliphatic heterocycles. The van der Waals surface area contributed by atoms with E-state index in [2.05, 4.69) is 0 Å². The summed E-state index contributed by atoms with van der Waals surface area (Å²) < 4.78 is 21.4. The Hall–Kier alpha value is -3.23. The first-order valence-corrected chi connectivity index (χ1v) is 10.7. The number of nitrogens with zero attached hydrogens (tertiary/aromatic N) is 1. The van der Waals surface area contributed by atoms with Crippen molar-refractivity contribution < 1.29 is 33.6 Å². The molecule has 0 aliphatic carbocycles. The molecule has 33 heavy (non-hydrogen) atoms. The van der Waals surface area contributed by atoms with E-state index in [-0.39, 0.29) is 24.5 Å². The standard InChI is InChI=1S/C24H26ClNO7/c1-5-33-17-9-7-14(12-19(17)32-4)21-20(23(28)24(29)26(21)10-11-30-2)22(27)15-6-8-16(25)18(13-15)31-3/h6-9,12-13,21,27H,5,10-11H2,1-4H3/b22-20-. The zero-order valence-electron chi connectivity index (χ0n) is 18.9. The van der Waals surface area contributed by atoms with Crippen LogP contribution < -0.4 is 14.2 Å². The van der Waals surface area contributed by atoms with Gasteiger partial charge in [0.25, 0.3) is 11.7 Å². The van der Waals surface area contributed by atoms with Crippen molar-refractivity contribution >= 4 is 29.1 Å². The van der Waals surface area contributed by atoms with Crippen molar-refractivity contribution in [2.75, 3.05) is 41.1 Å². The van der Waals surface area contributed by atoms with Crippen LogP contribution in [0.1, 0.15) is 24.1 Å². The van der Waals surface area contributed by atoms with Crippen LogP contribution in [-0.2, 0) is 14.3 Å². The quantitative estimate of drug-likeness (QED) is 0.334. The summed E-state index contributed by atoms with van der Waals surface area (Å²) in [4.78, 5) is 27.4. The molecule has 3 rings (SSSR count). The summed E-state index contributed by atoms with van der Waals surface area (Å²) in [6.07, 6.45) is 0. The summed E-state index contributed by atoms with van der Waals surface area (Å²) in [5.41, 5.74) is 0.823. The highest BCUT2D eigenvalue weighted by Gasteiger charge is 2.46. The highest BCUT2D eigenvalue weighted by atomic mass is 35.5. The minimum Gasteiger partial charge on any atom is -0.507 e. The van der Waals surface area contributed by atoms with Crippen LogP contribution in [0.4, 0.5) is 0 Å². The second-order valence-corrected chi connectivity index (χ2v) is 7.59. The predicted octanol–water partition coefficient (Wildman–Crippen LogP) is 3.82. The summed E-state index contributed by atoms with van der Waals surface area (Å²) in [5.74, 6) is -0.558. The molecule has 1 saturated heterocycles. The van der Waals surface area contributed by atoms with Crippen LogP contribution in [0.2, 0.25) is 5.02 Å². The van der Waals surface area contributed by atoms with Gasteiger partial charge in [0.05, 0.1) is 44.1 Å². The van der Waals surface area contributed by atoms with Crippen molar-refractivity contribution in [2.24, 2.45) is 0 Å². The summed E-state index contributed by atoms with van der Waals surface area (Å²) in [6.45, 7) is 2.67. The third-order valence-electron chi connectivity index (χ3n) is 5.30. The Balaban J connectivity index is 2.19. The Morgan fingerprint density at radius 2 is 1.76 bits per heavy atom. The molecule has 1 N–H and O–H groups in total. The molecule has 2 aromatic rings. The van der Waals surface area contributed by atoms with Gasteiger partial charge in [0, 0.05) is 19.2 Å². The lowest BCUT2D eigenvalue weighted by atomic mass is 9.95. The fourth-order valence-electron chi connectivity index (χ4n) is 3.74. The van der Waals surface area contributed by atoms with Crippen LogP contribution in [0, 0.1) is 0 Å². The lowest BCUT2D eigenvalue weighted by Crippen LogP contribution is -2.32. The second kappa shape index (κ2) is 10.6. The van der Waals surface area contributed by atoms with E-state index in [1.54, 1.807) is 30.3 Å². The smallest absolute Gasteiger partial charge is 0.295 e. The molecular formula is C24H26ClNO7. The lowest BCUT2D eigenvalue weighted by Gasteiger charge is -2.25. The Kier molecular flexibility index (Phi) is 7.84. The van der Waals surface area contributed by atoms with Gasteiger partial charge in [-0.1, -0.05) is 17.7 Å². The van der Waals surface area contributed by atoms with E-state index in [0.717, 1.165) is 0 Å². The van der Waals surface area contributed by atoms with Crippen molar-refractivity contribution in [2.45, 2.75) is 13.0 Å². The fraction of sp³-hybridized carbons (Fsp3) is 0.333. The number of hydrogen-bond donors (Lipinski definition) is 1. The number of rotatable bonds is 9. The number of halogens is 1. The molecule has 2 aromatic carbocycles. The number of methoxy groups -OCH3 is 3. The van der Waals surface area contributed by atoms with Gasteiger partial charge < -0.3 is 29.0 Å². The first-order valence-electron chi connectivity index (χ1n) is 10.3. The number of Topliss-reactive ketones (excluding diaryl/α,β-unsaturated/α-hetero) is 1. The van der Waals surface area contributed by atoms with Crippen molar-refractivity contribution in [1.82, 2.24) is 4.90 Å². The zero-order chi connectivity index (χ0) is 24.1. The third-order valence-corrected chi connectivity index (χ3v) is 5.62. The molecule has 1 aliphatic rings. The summed E-state index contributed by atoms with van der Waals surface area (Å²) in [6, 6.07) is 8.89. The van der Waals surface area contributed by atoms with Crippen molar-refractivity contribution in [3.8, 4) is 17.2 Å². The molecular weight excluding hydrogens is 450 g/mol.